The van der Waals surface area contributed by atoms with Gasteiger partial charge in [0.15, 0.2) is 0 Å². The number of hydrogen-bond acceptors (Lipinski definition) is 5. The molecule has 6 nitrogen and oxygen atoms in total. The molecule has 2 aromatic rings. The molecule has 2 rings (SSSR count). The molecule has 1 N–H and O–H groups in total. The van der Waals surface area contributed by atoms with E-state index >= 15 is 0 Å². The van der Waals surface area contributed by atoms with E-state index < -0.39 is 11.7 Å². The van der Waals surface area contributed by atoms with Crippen LogP contribution in [0.15, 0.2) is 42.7 Å². The van der Waals surface area contributed by atoms with Crippen LogP contribution in [0.2, 0.25) is 0 Å². The number of benzene rings is 1. The molecule has 0 aliphatic heterocycles. The Morgan fingerprint density at radius 2 is 1.91 bits per heavy atom. The minimum Gasteiger partial charge on any atom is -0.444 e. The van der Waals surface area contributed by atoms with Crippen LogP contribution in [0.4, 0.5) is 4.79 Å². The van der Waals surface area contributed by atoms with Crippen LogP contribution >= 0.6 is 0 Å². The molecule has 6 heteroatoms. The molecule has 1 aromatic carbocycles. The van der Waals surface area contributed by atoms with Gasteiger partial charge >= 0.3 is 12.1 Å². The van der Waals surface area contributed by atoms with Gasteiger partial charge < -0.3 is 14.8 Å². The van der Waals surface area contributed by atoms with Crippen LogP contribution in [-0.2, 0) is 11.2 Å². The van der Waals surface area contributed by atoms with E-state index in [1.807, 2.05) is 45.0 Å². The van der Waals surface area contributed by atoms with Crippen molar-refractivity contribution in [1.82, 2.24) is 15.3 Å². The van der Waals surface area contributed by atoms with E-state index in [-0.39, 0.29) is 0 Å². The lowest BCUT2D eigenvalue weighted by Crippen LogP contribution is -2.33. The van der Waals surface area contributed by atoms with Gasteiger partial charge in [-0.1, -0.05) is 12.1 Å². The molecule has 0 radical (unpaired) electrons. The van der Waals surface area contributed by atoms with Gasteiger partial charge in [-0.05, 0) is 51.0 Å². The Hall–Kier alpha value is -2.63. The Bertz CT molecular complexity index is 639. The summed E-state index contributed by atoms with van der Waals surface area (Å²) in [6.45, 7) is 5.98. The smallest absolute Gasteiger partial charge is 0.407 e. The first-order chi connectivity index (χ1) is 10.9. The average Bonchev–Trinajstić information content (AvgIpc) is 2.47. The predicted octanol–water partition coefficient (Wildman–Crippen LogP) is 3.34. The highest BCUT2D eigenvalue weighted by molar-refractivity contribution is 5.67. The Morgan fingerprint density at radius 3 is 2.61 bits per heavy atom. The number of carbonyl (C=O) groups is 1. The van der Waals surface area contributed by atoms with Crippen LogP contribution in [0.1, 0.15) is 26.3 Å². The molecule has 122 valence electrons. The quantitative estimate of drug-likeness (QED) is 0.916. The summed E-state index contributed by atoms with van der Waals surface area (Å²) in [5, 5.41) is 2.73. The van der Waals surface area contributed by atoms with Crippen molar-refractivity contribution in [2.75, 3.05) is 6.54 Å². The molecule has 0 saturated heterocycles. The second-order valence-corrected chi connectivity index (χ2v) is 5.96. The molecule has 0 spiro atoms. The molecule has 0 saturated carbocycles. The van der Waals surface area contributed by atoms with Gasteiger partial charge in [0, 0.05) is 18.9 Å². The fourth-order valence-corrected chi connectivity index (χ4v) is 1.83. The highest BCUT2D eigenvalue weighted by atomic mass is 16.6. The SMILES string of the molecule is CC(C)(C)OC(=O)NCCc1cccc(Oc2ncccn2)c1. The van der Waals surface area contributed by atoms with Gasteiger partial charge in [-0.2, -0.15) is 0 Å². The lowest BCUT2D eigenvalue weighted by atomic mass is 10.1. The van der Waals surface area contributed by atoms with E-state index in [1.165, 1.54) is 0 Å². The number of hydrogen-bond donors (Lipinski definition) is 1. The third kappa shape index (κ3) is 6.34. The molecule has 1 amide bonds. The number of nitrogens with zero attached hydrogens (tertiary/aromatic N) is 2. The van der Waals surface area contributed by atoms with E-state index in [0.717, 1.165) is 5.56 Å². The third-order valence-corrected chi connectivity index (χ3v) is 2.73. The first kappa shape index (κ1) is 16.7. The summed E-state index contributed by atoms with van der Waals surface area (Å²) in [4.78, 5) is 19.6. The summed E-state index contributed by atoms with van der Waals surface area (Å²) < 4.78 is 10.8. The van der Waals surface area contributed by atoms with Crippen LogP contribution in [0, 0.1) is 0 Å². The van der Waals surface area contributed by atoms with Crippen molar-refractivity contribution in [2.24, 2.45) is 0 Å². The molecular formula is C17H21N3O3. The van der Waals surface area contributed by atoms with E-state index in [4.69, 9.17) is 9.47 Å². The van der Waals surface area contributed by atoms with Crippen molar-refractivity contribution < 1.29 is 14.3 Å². The second-order valence-electron chi connectivity index (χ2n) is 5.96. The largest absolute Gasteiger partial charge is 0.444 e. The number of rotatable bonds is 5. The summed E-state index contributed by atoms with van der Waals surface area (Å²) in [7, 11) is 0. The molecule has 23 heavy (non-hydrogen) atoms. The van der Waals surface area contributed by atoms with Crippen molar-refractivity contribution in [3.05, 3.63) is 48.3 Å². The van der Waals surface area contributed by atoms with Crippen molar-refractivity contribution in [3.8, 4) is 11.8 Å². The Kier molecular flexibility index (Phi) is 5.51. The Morgan fingerprint density at radius 1 is 1.17 bits per heavy atom. The lowest BCUT2D eigenvalue weighted by Gasteiger charge is -2.19. The second kappa shape index (κ2) is 7.58. The van der Waals surface area contributed by atoms with Gasteiger partial charge in [0.25, 0.3) is 0 Å². The number of nitrogens with one attached hydrogen (secondary N) is 1. The summed E-state index contributed by atoms with van der Waals surface area (Å²) in [5.41, 5.74) is 0.544. The monoisotopic (exact) mass is 315 g/mol. The highest BCUT2D eigenvalue weighted by Gasteiger charge is 2.15. The number of aromatic nitrogens is 2. The molecule has 0 aliphatic carbocycles. The molecular weight excluding hydrogens is 294 g/mol. The van der Waals surface area contributed by atoms with Crippen LogP contribution in [0.25, 0.3) is 0 Å². The molecule has 0 bridgehead atoms. The van der Waals surface area contributed by atoms with Crippen LogP contribution in [0.3, 0.4) is 0 Å². The maximum absolute atomic E-state index is 11.6. The van der Waals surface area contributed by atoms with Crippen LogP contribution in [0.5, 0.6) is 11.8 Å². The zero-order valence-electron chi connectivity index (χ0n) is 13.6. The van der Waals surface area contributed by atoms with E-state index in [9.17, 15) is 4.79 Å². The fraction of sp³-hybridized carbons (Fsp3) is 0.353. The average molecular weight is 315 g/mol. The topological polar surface area (TPSA) is 73.3 Å². The molecule has 1 aromatic heterocycles. The van der Waals surface area contributed by atoms with Crippen molar-refractivity contribution >= 4 is 6.09 Å². The number of ether oxygens (including phenoxy) is 2. The highest BCUT2D eigenvalue weighted by Crippen LogP contribution is 2.18. The first-order valence-electron chi connectivity index (χ1n) is 7.43. The number of amides is 1. The van der Waals surface area contributed by atoms with E-state index in [2.05, 4.69) is 15.3 Å². The number of carbonyl (C=O) groups excluding carboxylic acids is 1. The Labute approximate surface area is 135 Å². The zero-order valence-corrected chi connectivity index (χ0v) is 13.6. The minimum atomic E-state index is -0.493. The molecule has 0 fully saturated rings. The van der Waals surface area contributed by atoms with Crippen molar-refractivity contribution in [3.63, 3.8) is 0 Å². The van der Waals surface area contributed by atoms with Gasteiger partial charge in [0.2, 0.25) is 0 Å². The van der Waals surface area contributed by atoms with E-state index in [0.29, 0.717) is 24.7 Å². The molecule has 1 heterocycles. The van der Waals surface area contributed by atoms with E-state index in [1.54, 1.807) is 18.5 Å². The van der Waals surface area contributed by atoms with Crippen LogP contribution in [-0.4, -0.2) is 28.2 Å². The van der Waals surface area contributed by atoms with Gasteiger partial charge in [0.1, 0.15) is 11.4 Å². The van der Waals surface area contributed by atoms with Gasteiger partial charge in [-0.25, -0.2) is 14.8 Å². The number of alkyl carbamates (subject to hydrolysis) is 1. The van der Waals surface area contributed by atoms with Gasteiger partial charge in [-0.3, -0.25) is 0 Å². The van der Waals surface area contributed by atoms with Crippen molar-refractivity contribution in [1.29, 1.82) is 0 Å². The van der Waals surface area contributed by atoms with Crippen LogP contribution < -0.4 is 10.1 Å². The summed E-state index contributed by atoms with van der Waals surface area (Å²) in [5.74, 6) is 0.658. The lowest BCUT2D eigenvalue weighted by molar-refractivity contribution is 0.0528. The van der Waals surface area contributed by atoms with Crippen molar-refractivity contribution in [2.45, 2.75) is 32.8 Å². The summed E-state index contributed by atoms with van der Waals surface area (Å²) in [6, 6.07) is 9.62. The summed E-state index contributed by atoms with van der Waals surface area (Å²) in [6.07, 6.45) is 3.50. The van der Waals surface area contributed by atoms with Gasteiger partial charge in [0.05, 0.1) is 0 Å². The maximum atomic E-state index is 11.6. The standard InChI is InChI=1S/C17H21N3O3/c1-17(2,3)23-16(21)20-11-8-13-6-4-7-14(12-13)22-15-18-9-5-10-19-15/h4-7,9-10,12H,8,11H2,1-3H3,(H,20,21). The zero-order chi connectivity index (χ0) is 16.7. The summed E-state index contributed by atoms with van der Waals surface area (Å²) >= 11 is 0. The normalized spacial score (nSPS) is 10.9. The van der Waals surface area contributed by atoms with Gasteiger partial charge in [-0.15, -0.1) is 0 Å². The molecule has 0 unspecified atom stereocenters. The minimum absolute atomic E-state index is 0.302. The predicted molar refractivity (Wildman–Crippen MR) is 86.5 cm³/mol. The molecule has 0 atom stereocenters. The third-order valence-electron chi connectivity index (χ3n) is 2.73. The Balaban J connectivity index is 1.84. The first-order valence-corrected chi connectivity index (χ1v) is 7.43. The maximum Gasteiger partial charge on any atom is 0.407 e. The molecule has 0 aliphatic rings. The fourth-order valence-electron chi connectivity index (χ4n) is 1.83.